The van der Waals surface area contributed by atoms with Crippen molar-refractivity contribution in [3.05, 3.63) is 58.6 Å². The third-order valence-electron chi connectivity index (χ3n) is 5.37. The Kier molecular flexibility index (Phi) is 6.71. The van der Waals surface area contributed by atoms with Crippen LogP contribution in [-0.4, -0.2) is 29.5 Å². The highest BCUT2D eigenvalue weighted by Gasteiger charge is 2.29. The van der Waals surface area contributed by atoms with Gasteiger partial charge in [-0.1, -0.05) is 58.2 Å². The van der Waals surface area contributed by atoms with Gasteiger partial charge in [0.15, 0.2) is 10.9 Å². The molecule has 1 atom stereocenters. The maximum absolute atomic E-state index is 11.8. The quantitative estimate of drug-likeness (QED) is 0.555. The Labute approximate surface area is 190 Å². The Morgan fingerprint density at radius 3 is 2.67 bits per heavy atom. The van der Waals surface area contributed by atoms with Crippen LogP contribution in [0.25, 0.3) is 0 Å². The molecule has 1 saturated heterocycles. The molecule has 158 valence electrons. The van der Waals surface area contributed by atoms with E-state index in [9.17, 15) is 4.79 Å². The maximum Gasteiger partial charge on any atom is 0.257 e. The molecule has 5 nitrogen and oxygen atoms in total. The Hall–Kier alpha value is -1.95. The Morgan fingerprint density at radius 1 is 1.13 bits per heavy atom. The van der Waals surface area contributed by atoms with Gasteiger partial charge in [0, 0.05) is 36.4 Å². The van der Waals surface area contributed by atoms with Gasteiger partial charge in [0.1, 0.15) is 0 Å². The first-order chi connectivity index (χ1) is 14.5. The highest BCUT2D eigenvalue weighted by molar-refractivity contribution is 6.54. The van der Waals surface area contributed by atoms with Crippen LogP contribution in [0.2, 0.25) is 5.02 Å². The van der Waals surface area contributed by atoms with Gasteiger partial charge in [-0.3, -0.25) is 4.79 Å². The molecule has 4 rings (SSSR count). The van der Waals surface area contributed by atoms with Gasteiger partial charge in [-0.2, -0.15) is 0 Å². The van der Waals surface area contributed by atoms with Crippen LogP contribution in [0.3, 0.4) is 0 Å². The molecule has 8 heteroatoms. The van der Waals surface area contributed by atoms with E-state index >= 15 is 0 Å². The standard InChI is InChI=1S/C22H22Cl3N3O2/c23-16-8-5-9-18(28-10-2-1-3-11-28)20(16)17-13-19(30-27-17)14-6-4-7-15(12-14)26-22(29)21(24)25/h4-9,12,19,21H,1-3,10-11,13H2,(H,26,29). The molecule has 0 aliphatic carbocycles. The highest BCUT2D eigenvalue weighted by atomic mass is 35.5. The molecular formula is C22H22Cl3N3O2. The van der Waals surface area contributed by atoms with Crippen LogP contribution in [-0.2, 0) is 9.63 Å². The normalized spacial score (nSPS) is 18.9. The van der Waals surface area contributed by atoms with Crippen molar-refractivity contribution < 1.29 is 9.63 Å². The lowest BCUT2D eigenvalue weighted by Gasteiger charge is -2.30. The van der Waals surface area contributed by atoms with Crippen LogP contribution >= 0.6 is 34.8 Å². The lowest BCUT2D eigenvalue weighted by atomic mass is 9.97. The van der Waals surface area contributed by atoms with Gasteiger partial charge in [-0.15, -0.1) is 0 Å². The summed E-state index contributed by atoms with van der Waals surface area (Å²) >= 11 is 17.8. The fourth-order valence-electron chi connectivity index (χ4n) is 3.91. The fourth-order valence-corrected chi connectivity index (χ4v) is 4.30. The minimum absolute atomic E-state index is 0.259. The number of amides is 1. The average Bonchev–Trinajstić information content (AvgIpc) is 3.24. The van der Waals surface area contributed by atoms with Gasteiger partial charge in [-0.25, -0.2) is 0 Å². The summed E-state index contributed by atoms with van der Waals surface area (Å²) in [6, 6.07) is 13.4. The van der Waals surface area contributed by atoms with Crippen molar-refractivity contribution in [3.8, 4) is 0 Å². The van der Waals surface area contributed by atoms with Crippen molar-refractivity contribution in [2.75, 3.05) is 23.3 Å². The van der Waals surface area contributed by atoms with Gasteiger partial charge in [0.05, 0.1) is 10.7 Å². The number of piperidine rings is 1. The van der Waals surface area contributed by atoms with Crippen molar-refractivity contribution in [2.45, 2.75) is 36.6 Å². The molecule has 0 radical (unpaired) electrons. The maximum atomic E-state index is 11.8. The van der Waals surface area contributed by atoms with Crippen LogP contribution in [0.4, 0.5) is 11.4 Å². The van der Waals surface area contributed by atoms with Gasteiger partial charge in [-0.05, 0) is 49.1 Å². The van der Waals surface area contributed by atoms with E-state index in [4.69, 9.17) is 39.6 Å². The molecule has 2 aliphatic rings. The van der Waals surface area contributed by atoms with E-state index in [1.807, 2.05) is 30.3 Å². The van der Waals surface area contributed by atoms with Crippen molar-refractivity contribution in [1.29, 1.82) is 0 Å². The lowest BCUT2D eigenvalue weighted by molar-refractivity contribution is -0.114. The number of carbonyl (C=O) groups excluding carboxylic acids is 1. The highest BCUT2D eigenvalue weighted by Crippen LogP contribution is 2.37. The molecule has 0 aromatic heterocycles. The predicted octanol–water partition coefficient (Wildman–Crippen LogP) is 5.94. The number of oxime groups is 1. The molecule has 0 bridgehead atoms. The molecule has 2 aromatic rings. The molecule has 1 N–H and O–H groups in total. The van der Waals surface area contributed by atoms with E-state index in [1.165, 1.54) is 19.3 Å². The van der Waals surface area contributed by atoms with Crippen molar-refractivity contribution in [1.82, 2.24) is 0 Å². The first-order valence-corrected chi connectivity index (χ1v) is 11.2. The van der Waals surface area contributed by atoms with Crippen LogP contribution in [0.1, 0.15) is 42.9 Å². The van der Waals surface area contributed by atoms with Gasteiger partial charge < -0.3 is 15.1 Å². The number of hydrogen-bond acceptors (Lipinski definition) is 4. The summed E-state index contributed by atoms with van der Waals surface area (Å²) in [6.45, 7) is 2.05. The minimum atomic E-state index is -1.13. The number of alkyl halides is 2. The SMILES string of the molecule is O=C(Nc1cccc(C2CC(c3c(Cl)cccc3N3CCCCC3)=NO2)c1)C(Cl)Cl. The molecule has 30 heavy (non-hydrogen) atoms. The molecule has 2 aliphatic heterocycles. The van der Waals surface area contributed by atoms with Crippen molar-refractivity contribution in [3.63, 3.8) is 0 Å². The molecule has 1 amide bonds. The van der Waals surface area contributed by atoms with Crippen molar-refractivity contribution in [2.24, 2.45) is 5.16 Å². The molecular weight excluding hydrogens is 445 g/mol. The molecule has 1 fully saturated rings. The third kappa shape index (κ3) is 4.69. The molecule has 0 spiro atoms. The van der Waals surface area contributed by atoms with Crippen LogP contribution in [0.5, 0.6) is 0 Å². The van der Waals surface area contributed by atoms with Crippen LogP contribution in [0, 0.1) is 0 Å². The zero-order valence-electron chi connectivity index (χ0n) is 16.3. The Bertz CT molecular complexity index is 958. The van der Waals surface area contributed by atoms with E-state index in [0.717, 1.165) is 35.6 Å². The number of nitrogens with zero attached hydrogens (tertiary/aromatic N) is 2. The number of nitrogens with one attached hydrogen (secondary N) is 1. The summed E-state index contributed by atoms with van der Waals surface area (Å²) in [6.07, 6.45) is 3.96. The minimum Gasteiger partial charge on any atom is -0.387 e. The van der Waals surface area contributed by atoms with Gasteiger partial charge in [0.25, 0.3) is 5.91 Å². The average molecular weight is 467 g/mol. The second-order valence-electron chi connectivity index (χ2n) is 7.43. The zero-order chi connectivity index (χ0) is 21.1. The zero-order valence-corrected chi connectivity index (χ0v) is 18.6. The summed E-state index contributed by atoms with van der Waals surface area (Å²) < 4.78 is 0. The second-order valence-corrected chi connectivity index (χ2v) is 8.94. The molecule has 2 aromatic carbocycles. The smallest absolute Gasteiger partial charge is 0.257 e. The summed E-state index contributed by atoms with van der Waals surface area (Å²) in [4.78, 5) is 18.8. The van der Waals surface area contributed by atoms with Crippen LogP contribution in [0.15, 0.2) is 47.6 Å². The number of anilines is 2. The van der Waals surface area contributed by atoms with E-state index < -0.39 is 10.7 Å². The monoisotopic (exact) mass is 465 g/mol. The largest absolute Gasteiger partial charge is 0.387 e. The molecule has 2 heterocycles. The van der Waals surface area contributed by atoms with Crippen LogP contribution < -0.4 is 10.2 Å². The summed E-state index contributed by atoms with van der Waals surface area (Å²) in [5.74, 6) is -0.470. The number of hydrogen-bond donors (Lipinski definition) is 1. The number of carbonyl (C=O) groups is 1. The summed E-state index contributed by atoms with van der Waals surface area (Å²) in [5, 5.41) is 7.74. The third-order valence-corrected chi connectivity index (χ3v) is 6.08. The van der Waals surface area contributed by atoms with Gasteiger partial charge in [0.2, 0.25) is 0 Å². The van der Waals surface area contributed by atoms with E-state index in [1.54, 1.807) is 6.07 Å². The summed E-state index contributed by atoms with van der Waals surface area (Å²) in [5.41, 5.74) is 4.40. The van der Waals surface area contributed by atoms with Crippen molar-refractivity contribution >= 4 is 57.8 Å². The number of rotatable bonds is 5. The number of halogens is 3. The first kappa shape index (κ1) is 21.3. The Balaban J connectivity index is 1.53. The fraction of sp³-hybridized carbons (Fsp3) is 0.364. The molecule has 0 saturated carbocycles. The number of benzene rings is 2. The van der Waals surface area contributed by atoms with Gasteiger partial charge >= 0.3 is 0 Å². The molecule has 1 unspecified atom stereocenters. The predicted molar refractivity (Wildman–Crippen MR) is 123 cm³/mol. The van der Waals surface area contributed by atoms with E-state index in [-0.39, 0.29) is 6.10 Å². The lowest BCUT2D eigenvalue weighted by Crippen LogP contribution is -2.30. The van der Waals surface area contributed by atoms with E-state index in [0.29, 0.717) is 17.1 Å². The topological polar surface area (TPSA) is 53.9 Å². The first-order valence-electron chi connectivity index (χ1n) is 9.98. The van der Waals surface area contributed by atoms with E-state index in [2.05, 4.69) is 21.4 Å². The Morgan fingerprint density at radius 2 is 1.90 bits per heavy atom. The summed E-state index contributed by atoms with van der Waals surface area (Å²) in [7, 11) is 0. The second kappa shape index (κ2) is 9.46.